The molecule has 1 aromatic carbocycles. The van der Waals surface area contributed by atoms with Crippen LogP contribution >= 0.6 is 0 Å². The minimum Gasteiger partial charge on any atom is -0.381 e. The summed E-state index contributed by atoms with van der Waals surface area (Å²) in [5.74, 6) is 0.0864. The second-order valence-electron chi connectivity index (χ2n) is 5.44. The number of nitrogens with one attached hydrogen (secondary N) is 1. The molecule has 5 nitrogen and oxygen atoms in total. The lowest BCUT2D eigenvalue weighted by molar-refractivity contribution is -0.125. The van der Waals surface area contributed by atoms with E-state index in [0.29, 0.717) is 25.6 Å². The summed E-state index contributed by atoms with van der Waals surface area (Å²) in [5, 5.41) is 3.08. The van der Waals surface area contributed by atoms with Crippen molar-refractivity contribution >= 4 is 5.91 Å². The number of hydrogen-bond acceptors (Lipinski definition) is 4. The molecule has 2 atom stereocenters. The maximum Gasteiger partial charge on any atom is 0.242 e. The topological polar surface area (TPSA) is 73.6 Å². The Morgan fingerprint density at radius 2 is 2.24 bits per heavy atom. The largest absolute Gasteiger partial charge is 0.381 e. The summed E-state index contributed by atoms with van der Waals surface area (Å²) in [6.45, 7) is 2.74. The van der Waals surface area contributed by atoms with Gasteiger partial charge >= 0.3 is 0 Å². The zero-order valence-electron chi connectivity index (χ0n) is 12.5. The molecular formula is C16H24N2O3. The average molecular weight is 292 g/mol. The lowest BCUT2D eigenvalue weighted by Crippen LogP contribution is -2.51. The molecule has 0 spiro atoms. The van der Waals surface area contributed by atoms with Crippen LogP contribution in [0.2, 0.25) is 0 Å². The Kier molecular flexibility index (Phi) is 5.73. The fourth-order valence-electron chi connectivity index (χ4n) is 2.72. The van der Waals surface area contributed by atoms with Gasteiger partial charge < -0.3 is 20.5 Å². The number of nitrogens with two attached hydrogens (primary N) is 1. The highest BCUT2D eigenvalue weighted by molar-refractivity contribution is 5.86. The van der Waals surface area contributed by atoms with Gasteiger partial charge in [-0.2, -0.15) is 0 Å². The molecule has 21 heavy (non-hydrogen) atoms. The van der Waals surface area contributed by atoms with Crippen LogP contribution in [0.1, 0.15) is 18.4 Å². The molecule has 2 unspecified atom stereocenters. The molecule has 0 aliphatic carbocycles. The molecule has 0 radical (unpaired) electrons. The third-order valence-electron chi connectivity index (χ3n) is 4.11. The first-order chi connectivity index (χ1) is 10.2. The number of ether oxygens (including phenoxy) is 2. The Bertz CT molecular complexity index is 446. The van der Waals surface area contributed by atoms with E-state index in [0.717, 1.165) is 25.2 Å². The van der Waals surface area contributed by atoms with Gasteiger partial charge in [-0.05, 0) is 19.0 Å². The Labute approximate surface area is 125 Å². The Morgan fingerprint density at radius 3 is 2.81 bits per heavy atom. The highest BCUT2D eigenvalue weighted by Crippen LogP contribution is 2.25. The van der Waals surface area contributed by atoms with Crippen LogP contribution in [0.4, 0.5) is 0 Å². The van der Waals surface area contributed by atoms with Crippen molar-refractivity contribution in [2.24, 2.45) is 11.7 Å². The predicted octanol–water partition coefficient (Wildman–Crippen LogP) is 1.03. The molecule has 2 rings (SSSR count). The number of rotatable bonds is 8. The van der Waals surface area contributed by atoms with Gasteiger partial charge in [0.05, 0.1) is 13.2 Å². The van der Waals surface area contributed by atoms with E-state index < -0.39 is 5.54 Å². The number of carbonyl (C=O) groups excluding carboxylic acids is 1. The van der Waals surface area contributed by atoms with Crippen molar-refractivity contribution in [3.8, 4) is 0 Å². The number of carbonyl (C=O) groups is 1. The van der Waals surface area contributed by atoms with Crippen LogP contribution in [-0.2, 0) is 19.8 Å². The van der Waals surface area contributed by atoms with Gasteiger partial charge in [-0.3, -0.25) is 4.79 Å². The second kappa shape index (κ2) is 7.54. The first kappa shape index (κ1) is 15.9. The molecule has 1 aliphatic rings. The molecule has 1 saturated heterocycles. The molecule has 0 bridgehead atoms. The monoisotopic (exact) mass is 292 g/mol. The van der Waals surface area contributed by atoms with E-state index >= 15 is 0 Å². The van der Waals surface area contributed by atoms with Crippen molar-refractivity contribution in [2.45, 2.75) is 18.4 Å². The molecule has 3 N–H and O–H groups in total. The van der Waals surface area contributed by atoms with Crippen LogP contribution < -0.4 is 11.1 Å². The maximum atomic E-state index is 12.0. The summed E-state index contributed by atoms with van der Waals surface area (Å²) in [7, 11) is 1.75. The lowest BCUT2D eigenvalue weighted by atomic mass is 9.86. The minimum atomic E-state index is -0.882. The quantitative estimate of drug-likeness (QED) is 0.702. The molecule has 1 fully saturated rings. The summed E-state index contributed by atoms with van der Waals surface area (Å²) in [6, 6.07) is 9.54. The van der Waals surface area contributed by atoms with Gasteiger partial charge in [0.25, 0.3) is 0 Å². The van der Waals surface area contributed by atoms with Crippen molar-refractivity contribution in [1.82, 2.24) is 5.32 Å². The number of primary amides is 1. The van der Waals surface area contributed by atoms with Gasteiger partial charge in [0.2, 0.25) is 5.91 Å². The fraction of sp³-hybridized carbons (Fsp3) is 0.562. The Morgan fingerprint density at radius 1 is 1.48 bits per heavy atom. The van der Waals surface area contributed by atoms with Crippen LogP contribution in [0.25, 0.3) is 0 Å². The summed E-state index contributed by atoms with van der Waals surface area (Å²) in [6.07, 6.45) is 1.56. The summed E-state index contributed by atoms with van der Waals surface area (Å²) in [4.78, 5) is 12.0. The molecule has 1 aromatic rings. The van der Waals surface area contributed by atoms with Crippen molar-refractivity contribution in [3.63, 3.8) is 0 Å². The third kappa shape index (κ3) is 3.81. The van der Waals surface area contributed by atoms with Gasteiger partial charge in [-0.15, -0.1) is 0 Å². The predicted molar refractivity (Wildman–Crippen MR) is 80.7 cm³/mol. The van der Waals surface area contributed by atoms with Crippen LogP contribution in [0.5, 0.6) is 0 Å². The van der Waals surface area contributed by atoms with E-state index in [4.69, 9.17) is 15.2 Å². The number of amides is 1. The molecule has 0 saturated carbocycles. The molecule has 0 aromatic heterocycles. The molecule has 116 valence electrons. The van der Waals surface area contributed by atoms with Gasteiger partial charge in [0.15, 0.2) is 0 Å². The van der Waals surface area contributed by atoms with Crippen molar-refractivity contribution in [3.05, 3.63) is 35.9 Å². The summed E-state index contributed by atoms with van der Waals surface area (Å²) < 4.78 is 11.0. The zero-order chi connectivity index (χ0) is 15.1. The molecule has 1 amide bonds. The fourth-order valence-corrected chi connectivity index (χ4v) is 2.72. The third-order valence-corrected chi connectivity index (χ3v) is 4.11. The Balaban J connectivity index is 1.95. The SMILES string of the molecule is CNC(CCOCC1CCOC1)(C(N)=O)c1ccccc1. The van der Waals surface area contributed by atoms with E-state index in [-0.39, 0.29) is 5.91 Å². The maximum absolute atomic E-state index is 12.0. The zero-order valence-corrected chi connectivity index (χ0v) is 12.5. The van der Waals surface area contributed by atoms with Crippen LogP contribution in [0, 0.1) is 5.92 Å². The molecule has 5 heteroatoms. The second-order valence-corrected chi connectivity index (χ2v) is 5.44. The van der Waals surface area contributed by atoms with E-state index in [9.17, 15) is 4.79 Å². The van der Waals surface area contributed by atoms with Crippen LogP contribution in [0.3, 0.4) is 0 Å². The normalized spacial score (nSPS) is 21.1. The minimum absolute atomic E-state index is 0.385. The lowest BCUT2D eigenvalue weighted by Gasteiger charge is -2.31. The van der Waals surface area contributed by atoms with Crippen molar-refractivity contribution in [2.75, 3.05) is 33.5 Å². The first-order valence-corrected chi connectivity index (χ1v) is 7.39. The van der Waals surface area contributed by atoms with E-state index in [1.165, 1.54) is 0 Å². The summed E-state index contributed by atoms with van der Waals surface area (Å²) >= 11 is 0. The number of hydrogen-bond donors (Lipinski definition) is 2. The molecule has 1 heterocycles. The van der Waals surface area contributed by atoms with E-state index in [1.807, 2.05) is 30.3 Å². The van der Waals surface area contributed by atoms with Crippen LogP contribution in [0.15, 0.2) is 30.3 Å². The summed E-state index contributed by atoms with van der Waals surface area (Å²) in [5.41, 5.74) is 5.63. The van der Waals surface area contributed by atoms with Gasteiger partial charge in [-0.25, -0.2) is 0 Å². The van der Waals surface area contributed by atoms with Crippen LogP contribution in [-0.4, -0.2) is 39.4 Å². The van der Waals surface area contributed by atoms with Gasteiger partial charge in [-0.1, -0.05) is 30.3 Å². The van der Waals surface area contributed by atoms with Gasteiger partial charge in [0, 0.05) is 25.6 Å². The standard InChI is InChI=1S/C16H24N2O3/c1-18-16(15(17)19,14-5-3-2-4-6-14)8-10-21-12-13-7-9-20-11-13/h2-6,13,18H,7-12H2,1H3,(H2,17,19). The van der Waals surface area contributed by atoms with Crippen molar-refractivity contribution < 1.29 is 14.3 Å². The number of benzene rings is 1. The smallest absolute Gasteiger partial charge is 0.242 e. The highest BCUT2D eigenvalue weighted by Gasteiger charge is 2.36. The Hall–Kier alpha value is -1.43. The van der Waals surface area contributed by atoms with Crippen molar-refractivity contribution in [1.29, 1.82) is 0 Å². The molecule has 1 aliphatic heterocycles. The highest BCUT2D eigenvalue weighted by atomic mass is 16.5. The van der Waals surface area contributed by atoms with Gasteiger partial charge in [0.1, 0.15) is 5.54 Å². The average Bonchev–Trinajstić information content (AvgIpc) is 3.01. The molecular weight excluding hydrogens is 268 g/mol. The van der Waals surface area contributed by atoms with E-state index in [2.05, 4.69) is 5.32 Å². The number of likely N-dealkylation sites (N-methyl/N-ethyl adjacent to an activating group) is 1. The first-order valence-electron chi connectivity index (χ1n) is 7.39. The van der Waals surface area contributed by atoms with E-state index in [1.54, 1.807) is 7.05 Å².